The van der Waals surface area contributed by atoms with Crippen molar-refractivity contribution in [3.8, 4) is 0 Å². The minimum atomic E-state index is -0.236. The van der Waals surface area contributed by atoms with Gasteiger partial charge in [-0.15, -0.1) is 0 Å². The first-order valence-electron chi connectivity index (χ1n) is 6.22. The summed E-state index contributed by atoms with van der Waals surface area (Å²) in [5.74, 6) is -0.236. The molecule has 2 aromatic heterocycles. The lowest BCUT2D eigenvalue weighted by Gasteiger charge is -2.15. The molecule has 1 amide bonds. The fourth-order valence-corrected chi connectivity index (χ4v) is 1.80. The number of aryl methyl sites for hydroxylation is 2. The number of amides is 1. The molecule has 2 aromatic rings. The third kappa shape index (κ3) is 2.96. The average Bonchev–Trinajstić information content (AvgIpc) is 2.83. The number of aromatic nitrogens is 4. The van der Waals surface area contributed by atoms with Crippen molar-refractivity contribution >= 4 is 5.91 Å². The van der Waals surface area contributed by atoms with E-state index in [4.69, 9.17) is 0 Å². The summed E-state index contributed by atoms with van der Waals surface area (Å²) < 4.78 is 0. The fourth-order valence-electron chi connectivity index (χ4n) is 1.80. The van der Waals surface area contributed by atoms with E-state index in [1.165, 1.54) is 0 Å². The minimum Gasteiger partial charge on any atom is -0.342 e. The maximum atomic E-state index is 12.1. The first kappa shape index (κ1) is 13.2. The number of pyridine rings is 1. The molecule has 6 nitrogen and oxygen atoms in total. The van der Waals surface area contributed by atoms with E-state index in [2.05, 4.69) is 25.7 Å². The second-order valence-corrected chi connectivity index (χ2v) is 4.45. The third-order valence-corrected chi connectivity index (χ3v) is 2.94. The smallest absolute Gasteiger partial charge is 0.274 e. The summed E-state index contributed by atoms with van der Waals surface area (Å²) in [5, 5.41) is 13.0. The molecule has 1 unspecified atom stereocenters. The summed E-state index contributed by atoms with van der Waals surface area (Å²) in [4.78, 5) is 16.4. The van der Waals surface area contributed by atoms with Crippen LogP contribution in [0.1, 0.15) is 46.8 Å². The molecule has 2 N–H and O–H groups in total. The molecule has 0 radical (unpaired) electrons. The third-order valence-electron chi connectivity index (χ3n) is 2.94. The number of carbonyl (C=O) groups is 1. The molecule has 0 aromatic carbocycles. The van der Waals surface area contributed by atoms with E-state index < -0.39 is 0 Å². The summed E-state index contributed by atoms with van der Waals surface area (Å²) in [6.45, 7) is 5.72. The highest BCUT2D eigenvalue weighted by molar-refractivity contribution is 5.93. The molecule has 0 saturated heterocycles. The van der Waals surface area contributed by atoms with Gasteiger partial charge in [-0.25, -0.2) is 0 Å². The molecule has 0 spiro atoms. The van der Waals surface area contributed by atoms with Crippen molar-refractivity contribution in [3.05, 3.63) is 41.0 Å². The Kier molecular flexibility index (Phi) is 3.89. The van der Waals surface area contributed by atoms with E-state index in [1.807, 2.05) is 26.0 Å². The molecule has 2 heterocycles. The minimum absolute atomic E-state index is 0.121. The quantitative estimate of drug-likeness (QED) is 0.875. The highest BCUT2D eigenvalue weighted by Crippen LogP contribution is 2.15. The van der Waals surface area contributed by atoms with Gasteiger partial charge in [0.1, 0.15) is 0 Å². The van der Waals surface area contributed by atoms with E-state index in [0.717, 1.165) is 17.7 Å². The average molecular weight is 259 g/mol. The van der Waals surface area contributed by atoms with Crippen LogP contribution < -0.4 is 5.32 Å². The van der Waals surface area contributed by atoms with Crippen LogP contribution in [-0.2, 0) is 0 Å². The van der Waals surface area contributed by atoms with Crippen LogP contribution in [0.2, 0.25) is 0 Å². The van der Waals surface area contributed by atoms with Crippen LogP contribution in [0.3, 0.4) is 0 Å². The zero-order valence-electron chi connectivity index (χ0n) is 11.3. The molecule has 0 bridgehead atoms. The molecule has 6 heteroatoms. The van der Waals surface area contributed by atoms with Crippen LogP contribution in [0.4, 0.5) is 0 Å². The van der Waals surface area contributed by atoms with Crippen molar-refractivity contribution in [2.75, 3.05) is 0 Å². The van der Waals surface area contributed by atoms with Gasteiger partial charge in [0.15, 0.2) is 5.69 Å². The Bertz CT molecular complexity index is 561. The van der Waals surface area contributed by atoms with E-state index in [9.17, 15) is 4.79 Å². The van der Waals surface area contributed by atoms with Crippen molar-refractivity contribution in [3.63, 3.8) is 0 Å². The van der Waals surface area contributed by atoms with Gasteiger partial charge >= 0.3 is 0 Å². The second-order valence-electron chi connectivity index (χ2n) is 4.45. The number of rotatable bonds is 4. The number of nitrogens with zero attached hydrogens (tertiary/aromatic N) is 3. The maximum Gasteiger partial charge on any atom is 0.274 e. The number of carbonyl (C=O) groups excluding carboxylic acids is 1. The molecule has 1 atom stereocenters. The Morgan fingerprint density at radius 1 is 1.37 bits per heavy atom. The van der Waals surface area contributed by atoms with Gasteiger partial charge in [0.25, 0.3) is 5.91 Å². The van der Waals surface area contributed by atoms with Gasteiger partial charge in [0.05, 0.1) is 17.4 Å². The monoisotopic (exact) mass is 259 g/mol. The summed E-state index contributed by atoms with van der Waals surface area (Å²) >= 11 is 0. The normalized spacial score (nSPS) is 12.2. The van der Waals surface area contributed by atoms with E-state index >= 15 is 0 Å². The number of H-pyrrole nitrogens is 1. The van der Waals surface area contributed by atoms with Crippen molar-refractivity contribution in [1.29, 1.82) is 0 Å². The summed E-state index contributed by atoms with van der Waals surface area (Å²) in [5.41, 5.74) is 2.86. The number of hydrogen-bond acceptors (Lipinski definition) is 4. The molecule has 0 aliphatic heterocycles. The van der Waals surface area contributed by atoms with Gasteiger partial charge in [-0.1, -0.05) is 13.0 Å². The van der Waals surface area contributed by atoms with Crippen LogP contribution >= 0.6 is 0 Å². The molecule has 0 saturated carbocycles. The Hall–Kier alpha value is -2.24. The molecule has 0 aliphatic carbocycles. The largest absolute Gasteiger partial charge is 0.342 e. The van der Waals surface area contributed by atoms with Crippen molar-refractivity contribution in [2.45, 2.75) is 33.2 Å². The highest BCUT2D eigenvalue weighted by Gasteiger charge is 2.18. The summed E-state index contributed by atoms with van der Waals surface area (Å²) in [6, 6.07) is 3.79. The van der Waals surface area contributed by atoms with Gasteiger partial charge in [-0.2, -0.15) is 15.4 Å². The first-order valence-corrected chi connectivity index (χ1v) is 6.22. The van der Waals surface area contributed by atoms with E-state index in [0.29, 0.717) is 11.4 Å². The van der Waals surface area contributed by atoms with Gasteiger partial charge in [0.2, 0.25) is 0 Å². The van der Waals surface area contributed by atoms with Crippen molar-refractivity contribution < 1.29 is 4.79 Å². The predicted molar refractivity (Wildman–Crippen MR) is 70.6 cm³/mol. The number of nitrogens with one attached hydrogen (secondary N) is 2. The number of aromatic amines is 1. The maximum absolute atomic E-state index is 12.1. The summed E-state index contributed by atoms with van der Waals surface area (Å²) in [7, 11) is 0. The molecule has 0 fully saturated rings. The standard InChI is InChI=1S/C13H17N5O/c1-4-10(11-6-5-8(2)7-14-11)15-13(19)12-9(3)16-18-17-12/h5-7,10H,4H2,1-3H3,(H,15,19)(H,16,17,18). The van der Waals surface area contributed by atoms with Crippen LogP contribution in [0.25, 0.3) is 0 Å². The van der Waals surface area contributed by atoms with Crippen molar-refractivity contribution in [1.82, 2.24) is 25.7 Å². The zero-order valence-corrected chi connectivity index (χ0v) is 11.3. The van der Waals surface area contributed by atoms with E-state index in [-0.39, 0.29) is 11.9 Å². The molecule has 0 aliphatic rings. The summed E-state index contributed by atoms with van der Waals surface area (Å²) in [6.07, 6.45) is 2.56. The molecule has 100 valence electrons. The van der Waals surface area contributed by atoms with Gasteiger partial charge in [0, 0.05) is 6.20 Å². The van der Waals surface area contributed by atoms with Crippen LogP contribution in [0.15, 0.2) is 18.3 Å². The van der Waals surface area contributed by atoms with Gasteiger partial charge in [-0.3, -0.25) is 9.78 Å². The molecule has 19 heavy (non-hydrogen) atoms. The molecular weight excluding hydrogens is 242 g/mol. The Morgan fingerprint density at radius 2 is 2.16 bits per heavy atom. The topological polar surface area (TPSA) is 83.6 Å². The SMILES string of the molecule is CCC(NC(=O)c1n[nH]nc1C)c1ccc(C)cn1. The lowest BCUT2D eigenvalue weighted by atomic mass is 10.1. The predicted octanol–water partition coefficient (Wildman–Crippen LogP) is 1.70. The second kappa shape index (κ2) is 5.60. The zero-order chi connectivity index (χ0) is 13.8. The van der Waals surface area contributed by atoms with Crippen LogP contribution in [0.5, 0.6) is 0 Å². The highest BCUT2D eigenvalue weighted by atomic mass is 16.2. The lowest BCUT2D eigenvalue weighted by Crippen LogP contribution is -2.29. The molecule has 2 rings (SSSR count). The Balaban J connectivity index is 2.13. The van der Waals surface area contributed by atoms with Gasteiger partial charge < -0.3 is 5.32 Å². The fraction of sp³-hybridized carbons (Fsp3) is 0.385. The number of hydrogen-bond donors (Lipinski definition) is 2. The van der Waals surface area contributed by atoms with Crippen LogP contribution in [-0.4, -0.2) is 26.3 Å². The van der Waals surface area contributed by atoms with E-state index in [1.54, 1.807) is 13.1 Å². The van der Waals surface area contributed by atoms with Gasteiger partial charge in [-0.05, 0) is 31.9 Å². The lowest BCUT2D eigenvalue weighted by molar-refractivity contribution is 0.0929. The first-order chi connectivity index (χ1) is 9.11. The Labute approximate surface area is 111 Å². The molecular formula is C13H17N5O. The van der Waals surface area contributed by atoms with Crippen LogP contribution in [0, 0.1) is 13.8 Å². The van der Waals surface area contributed by atoms with Crippen molar-refractivity contribution in [2.24, 2.45) is 0 Å². The Morgan fingerprint density at radius 3 is 2.68 bits per heavy atom.